The van der Waals surface area contributed by atoms with Gasteiger partial charge in [-0.25, -0.2) is 4.98 Å². The van der Waals surface area contributed by atoms with E-state index in [-0.39, 0.29) is 0 Å². The summed E-state index contributed by atoms with van der Waals surface area (Å²) >= 11 is 0. The Kier molecular flexibility index (Phi) is 5.26. The van der Waals surface area contributed by atoms with Crippen molar-refractivity contribution in [2.45, 2.75) is 46.7 Å². The van der Waals surface area contributed by atoms with Crippen molar-refractivity contribution >= 4 is 0 Å². The zero-order chi connectivity index (χ0) is 12.0. The summed E-state index contributed by atoms with van der Waals surface area (Å²) in [6.45, 7) is 13.2. The highest BCUT2D eigenvalue weighted by molar-refractivity contribution is 5.05. The first-order chi connectivity index (χ1) is 7.65. The molecule has 1 N–H and O–H groups in total. The Balaban J connectivity index is 2.58. The summed E-state index contributed by atoms with van der Waals surface area (Å²) in [7, 11) is 0. The number of hydrogen-bond donors (Lipinski definition) is 1. The summed E-state index contributed by atoms with van der Waals surface area (Å²) in [6.07, 6.45) is 4.16. The van der Waals surface area contributed by atoms with E-state index in [1.165, 1.54) is 17.7 Å². The maximum Gasteiger partial charge on any atom is 0.105 e. The Bertz CT molecular complexity index is 339. The van der Waals surface area contributed by atoms with E-state index in [9.17, 15) is 0 Å². The second kappa shape index (κ2) is 6.48. The highest BCUT2D eigenvalue weighted by Crippen LogP contribution is 2.08. The summed E-state index contributed by atoms with van der Waals surface area (Å²) in [5.41, 5.74) is 2.49. The van der Waals surface area contributed by atoms with Gasteiger partial charge in [0.25, 0.3) is 0 Å². The molecule has 1 aromatic heterocycles. The summed E-state index contributed by atoms with van der Waals surface area (Å²) in [5.74, 6) is 1.09. The molecular formula is C13H23N3. The van der Waals surface area contributed by atoms with Crippen LogP contribution in [0.25, 0.3) is 0 Å². The molecule has 0 saturated heterocycles. The van der Waals surface area contributed by atoms with Crippen molar-refractivity contribution in [3.05, 3.63) is 29.9 Å². The normalized spacial score (nSPS) is 10.7. The maximum atomic E-state index is 4.37. The second-order valence-corrected chi connectivity index (χ2v) is 4.33. The van der Waals surface area contributed by atoms with Crippen LogP contribution in [0, 0.1) is 6.92 Å². The van der Waals surface area contributed by atoms with E-state index < -0.39 is 0 Å². The molecule has 0 atom stereocenters. The first kappa shape index (κ1) is 13.0. The fourth-order valence-corrected chi connectivity index (χ4v) is 1.66. The van der Waals surface area contributed by atoms with Crippen molar-refractivity contribution in [3.63, 3.8) is 0 Å². The standard InChI is InChI=1S/C13H23N3/c1-5-7-14-9-13-10-15-12(4)16(13)8-6-11(2)3/h10,14H,2,5-9H2,1,3-4H3. The van der Waals surface area contributed by atoms with Crippen LogP contribution in [0.3, 0.4) is 0 Å². The van der Waals surface area contributed by atoms with E-state index >= 15 is 0 Å². The highest BCUT2D eigenvalue weighted by Gasteiger charge is 2.05. The molecule has 0 radical (unpaired) electrons. The van der Waals surface area contributed by atoms with E-state index in [0.717, 1.165) is 31.9 Å². The van der Waals surface area contributed by atoms with Gasteiger partial charge in [0, 0.05) is 19.3 Å². The van der Waals surface area contributed by atoms with Crippen LogP contribution >= 0.6 is 0 Å². The molecule has 3 nitrogen and oxygen atoms in total. The molecule has 0 aliphatic carbocycles. The van der Waals surface area contributed by atoms with Crippen molar-refractivity contribution in [1.29, 1.82) is 0 Å². The molecule has 16 heavy (non-hydrogen) atoms. The number of rotatable bonds is 7. The summed E-state index contributed by atoms with van der Waals surface area (Å²) in [5, 5.41) is 3.41. The van der Waals surface area contributed by atoms with Gasteiger partial charge >= 0.3 is 0 Å². The van der Waals surface area contributed by atoms with Gasteiger partial charge in [0.15, 0.2) is 0 Å². The van der Waals surface area contributed by atoms with Crippen molar-refractivity contribution < 1.29 is 0 Å². The van der Waals surface area contributed by atoms with Gasteiger partial charge in [-0.3, -0.25) is 0 Å². The molecule has 1 rings (SSSR count). The van der Waals surface area contributed by atoms with Gasteiger partial charge in [-0.2, -0.15) is 0 Å². The lowest BCUT2D eigenvalue weighted by atomic mass is 10.2. The Morgan fingerprint density at radius 1 is 1.56 bits per heavy atom. The van der Waals surface area contributed by atoms with Crippen molar-refractivity contribution in [3.8, 4) is 0 Å². The number of nitrogens with one attached hydrogen (secondary N) is 1. The lowest BCUT2D eigenvalue weighted by Crippen LogP contribution is -2.17. The molecule has 0 aromatic carbocycles. The fraction of sp³-hybridized carbons (Fsp3) is 0.615. The zero-order valence-electron chi connectivity index (χ0n) is 10.7. The summed E-state index contributed by atoms with van der Waals surface area (Å²) < 4.78 is 2.28. The van der Waals surface area contributed by atoms with Gasteiger partial charge in [0.2, 0.25) is 0 Å². The van der Waals surface area contributed by atoms with E-state index in [4.69, 9.17) is 0 Å². The van der Waals surface area contributed by atoms with Crippen LogP contribution < -0.4 is 5.32 Å². The maximum absolute atomic E-state index is 4.37. The molecular weight excluding hydrogens is 198 g/mol. The lowest BCUT2D eigenvalue weighted by Gasteiger charge is -2.10. The number of allylic oxidation sites excluding steroid dienone is 1. The Labute approximate surface area is 98.6 Å². The molecule has 1 heterocycles. The molecule has 0 fully saturated rings. The number of nitrogens with zero attached hydrogens (tertiary/aromatic N) is 2. The average Bonchev–Trinajstić information content (AvgIpc) is 2.57. The molecule has 0 aliphatic heterocycles. The van der Waals surface area contributed by atoms with Crippen LogP contribution in [0.1, 0.15) is 38.2 Å². The van der Waals surface area contributed by atoms with Crippen LogP contribution in [-0.4, -0.2) is 16.1 Å². The third-order valence-corrected chi connectivity index (χ3v) is 2.63. The largest absolute Gasteiger partial charge is 0.331 e. The molecule has 0 aliphatic rings. The predicted molar refractivity (Wildman–Crippen MR) is 68.4 cm³/mol. The van der Waals surface area contributed by atoms with Gasteiger partial charge in [-0.15, -0.1) is 6.58 Å². The SMILES string of the molecule is C=C(C)CCn1c(CNCCC)cnc1C. The number of aromatic nitrogens is 2. The molecule has 0 amide bonds. The minimum Gasteiger partial charge on any atom is -0.331 e. The fourth-order valence-electron chi connectivity index (χ4n) is 1.66. The molecule has 0 unspecified atom stereocenters. The molecule has 3 heteroatoms. The third kappa shape index (κ3) is 3.81. The number of aryl methyl sites for hydroxylation is 1. The van der Waals surface area contributed by atoms with E-state index in [1.807, 2.05) is 6.20 Å². The van der Waals surface area contributed by atoms with E-state index in [0.29, 0.717) is 0 Å². The predicted octanol–water partition coefficient (Wildman–Crippen LogP) is 2.66. The molecule has 0 bridgehead atoms. The quantitative estimate of drug-likeness (QED) is 0.566. The Morgan fingerprint density at radius 2 is 2.31 bits per heavy atom. The van der Waals surface area contributed by atoms with Gasteiger partial charge in [0.1, 0.15) is 5.82 Å². The Hall–Kier alpha value is -1.09. The van der Waals surface area contributed by atoms with Gasteiger partial charge < -0.3 is 9.88 Å². The van der Waals surface area contributed by atoms with Gasteiger partial charge in [-0.05, 0) is 33.2 Å². The highest BCUT2D eigenvalue weighted by atomic mass is 15.1. The lowest BCUT2D eigenvalue weighted by molar-refractivity contribution is 0.594. The number of imidazole rings is 1. The van der Waals surface area contributed by atoms with Crippen molar-refractivity contribution in [2.75, 3.05) is 6.54 Å². The van der Waals surface area contributed by atoms with Gasteiger partial charge in [0.05, 0.1) is 5.69 Å². The summed E-state index contributed by atoms with van der Waals surface area (Å²) in [4.78, 5) is 4.37. The van der Waals surface area contributed by atoms with E-state index in [1.54, 1.807) is 0 Å². The van der Waals surface area contributed by atoms with E-state index in [2.05, 4.69) is 42.2 Å². The smallest absolute Gasteiger partial charge is 0.105 e. The topological polar surface area (TPSA) is 29.9 Å². The van der Waals surface area contributed by atoms with Crippen LogP contribution in [0.2, 0.25) is 0 Å². The first-order valence-electron chi connectivity index (χ1n) is 6.01. The minimum absolute atomic E-state index is 0.908. The average molecular weight is 221 g/mol. The van der Waals surface area contributed by atoms with Crippen molar-refractivity contribution in [2.24, 2.45) is 0 Å². The van der Waals surface area contributed by atoms with Crippen molar-refractivity contribution in [1.82, 2.24) is 14.9 Å². The zero-order valence-corrected chi connectivity index (χ0v) is 10.7. The second-order valence-electron chi connectivity index (χ2n) is 4.33. The molecule has 0 saturated carbocycles. The molecule has 1 aromatic rings. The summed E-state index contributed by atoms with van der Waals surface area (Å²) in [6, 6.07) is 0. The molecule has 90 valence electrons. The Morgan fingerprint density at radius 3 is 2.94 bits per heavy atom. The first-order valence-corrected chi connectivity index (χ1v) is 6.01. The van der Waals surface area contributed by atoms with Crippen LogP contribution in [0.15, 0.2) is 18.3 Å². The molecule has 0 spiro atoms. The minimum atomic E-state index is 0.908. The van der Waals surface area contributed by atoms with Gasteiger partial charge in [-0.1, -0.05) is 12.5 Å². The van der Waals surface area contributed by atoms with Crippen LogP contribution in [0.5, 0.6) is 0 Å². The monoisotopic (exact) mass is 221 g/mol. The third-order valence-electron chi connectivity index (χ3n) is 2.63. The van der Waals surface area contributed by atoms with Crippen LogP contribution in [0.4, 0.5) is 0 Å². The van der Waals surface area contributed by atoms with Crippen LogP contribution in [-0.2, 0) is 13.1 Å². The number of hydrogen-bond acceptors (Lipinski definition) is 2.